The van der Waals surface area contributed by atoms with Crippen molar-refractivity contribution in [2.75, 3.05) is 11.9 Å². The minimum Gasteiger partial charge on any atom is -0.444 e. The molecular weight excluding hydrogens is 254 g/mol. The number of benzene rings is 1. The van der Waals surface area contributed by atoms with Crippen molar-refractivity contribution < 1.29 is 9.21 Å². The van der Waals surface area contributed by atoms with E-state index in [4.69, 9.17) is 4.42 Å². The molecule has 1 aromatic carbocycles. The molecule has 1 aliphatic rings. The molecular formula is C15H17N3O2. The van der Waals surface area contributed by atoms with Crippen molar-refractivity contribution in [1.29, 1.82) is 0 Å². The Morgan fingerprint density at radius 3 is 3.05 bits per heavy atom. The van der Waals surface area contributed by atoms with Crippen molar-refractivity contribution in [2.24, 2.45) is 0 Å². The van der Waals surface area contributed by atoms with E-state index < -0.39 is 0 Å². The summed E-state index contributed by atoms with van der Waals surface area (Å²) < 4.78 is 5.24. The number of oxazole rings is 1. The second kappa shape index (κ2) is 5.88. The topological polar surface area (TPSA) is 67.2 Å². The summed E-state index contributed by atoms with van der Waals surface area (Å²) in [5.74, 6) is 0.712. The van der Waals surface area contributed by atoms with Crippen LogP contribution in [-0.2, 0) is 4.79 Å². The van der Waals surface area contributed by atoms with E-state index in [0.717, 1.165) is 17.8 Å². The number of rotatable bonds is 6. The monoisotopic (exact) mass is 271 g/mol. The van der Waals surface area contributed by atoms with Crippen molar-refractivity contribution in [2.45, 2.75) is 25.3 Å². The largest absolute Gasteiger partial charge is 0.444 e. The predicted octanol–water partition coefficient (Wildman–Crippen LogP) is 2.42. The zero-order chi connectivity index (χ0) is 13.8. The Kier molecular flexibility index (Phi) is 3.78. The molecule has 2 aromatic rings. The molecule has 20 heavy (non-hydrogen) atoms. The molecule has 5 nitrogen and oxygen atoms in total. The van der Waals surface area contributed by atoms with E-state index >= 15 is 0 Å². The molecule has 0 atom stereocenters. The highest BCUT2D eigenvalue weighted by molar-refractivity contribution is 5.91. The van der Waals surface area contributed by atoms with Crippen LogP contribution in [0, 0.1) is 0 Å². The first-order chi connectivity index (χ1) is 9.81. The normalized spacial score (nSPS) is 14.2. The molecule has 0 unspecified atom stereocenters. The van der Waals surface area contributed by atoms with Gasteiger partial charge in [-0.1, -0.05) is 12.1 Å². The molecule has 0 saturated heterocycles. The highest BCUT2D eigenvalue weighted by Crippen LogP contribution is 2.22. The van der Waals surface area contributed by atoms with Gasteiger partial charge in [-0.2, -0.15) is 0 Å². The van der Waals surface area contributed by atoms with Gasteiger partial charge in [0.05, 0.1) is 6.20 Å². The zero-order valence-corrected chi connectivity index (χ0v) is 11.1. The molecule has 0 radical (unpaired) electrons. The van der Waals surface area contributed by atoms with Gasteiger partial charge in [-0.25, -0.2) is 4.98 Å². The summed E-state index contributed by atoms with van der Waals surface area (Å²) in [6, 6.07) is 8.19. The minimum absolute atomic E-state index is 0.0212. The Bertz CT molecular complexity index is 577. The smallest absolute Gasteiger partial charge is 0.225 e. The molecule has 104 valence electrons. The average Bonchev–Trinajstić information content (AvgIpc) is 3.10. The van der Waals surface area contributed by atoms with Gasteiger partial charge in [0, 0.05) is 30.3 Å². The molecule has 5 heteroatoms. The molecule has 3 rings (SSSR count). The van der Waals surface area contributed by atoms with Gasteiger partial charge in [0.1, 0.15) is 0 Å². The summed E-state index contributed by atoms with van der Waals surface area (Å²) in [4.78, 5) is 15.7. The van der Waals surface area contributed by atoms with E-state index in [0.29, 0.717) is 18.2 Å². The van der Waals surface area contributed by atoms with Crippen LogP contribution in [-0.4, -0.2) is 23.5 Å². The summed E-state index contributed by atoms with van der Waals surface area (Å²) in [6.45, 7) is 0.734. The standard InChI is InChI=1S/C15H17N3O2/c19-15(6-7-17-12-4-5-12)18-13-3-1-2-11(8-13)14-9-16-10-20-14/h1-3,8-10,12,17H,4-7H2,(H,18,19). The van der Waals surface area contributed by atoms with Crippen LogP contribution in [0.3, 0.4) is 0 Å². The Labute approximate surface area is 117 Å². The molecule has 1 heterocycles. The molecule has 1 amide bonds. The van der Waals surface area contributed by atoms with Crippen molar-refractivity contribution in [1.82, 2.24) is 10.3 Å². The predicted molar refractivity (Wildman–Crippen MR) is 76.2 cm³/mol. The quantitative estimate of drug-likeness (QED) is 0.846. The SMILES string of the molecule is O=C(CCNC1CC1)Nc1cccc(-c2cnco2)c1. The van der Waals surface area contributed by atoms with E-state index in [1.54, 1.807) is 6.20 Å². The summed E-state index contributed by atoms with van der Waals surface area (Å²) in [6.07, 6.45) is 6.01. The van der Waals surface area contributed by atoms with E-state index in [1.807, 2.05) is 24.3 Å². The fourth-order valence-corrected chi connectivity index (χ4v) is 2.01. The highest BCUT2D eigenvalue weighted by Gasteiger charge is 2.20. The first kappa shape index (κ1) is 12.9. The molecule has 2 N–H and O–H groups in total. The number of nitrogens with one attached hydrogen (secondary N) is 2. The number of hydrogen-bond acceptors (Lipinski definition) is 4. The van der Waals surface area contributed by atoms with Crippen LogP contribution in [0.25, 0.3) is 11.3 Å². The van der Waals surface area contributed by atoms with Crippen molar-refractivity contribution in [3.63, 3.8) is 0 Å². The Hall–Kier alpha value is -2.14. The maximum absolute atomic E-state index is 11.8. The van der Waals surface area contributed by atoms with Gasteiger partial charge in [0.25, 0.3) is 0 Å². The number of aromatic nitrogens is 1. The van der Waals surface area contributed by atoms with Crippen molar-refractivity contribution >= 4 is 11.6 Å². The third-order valence-corrected chi connectivity index (χ3v) is 3.23. The van der Waals surface area contributed by atoms with Crippen LogP contribution in [0.15, 0.2) is 41.3 Å². The number of amides is 1. The van der Waals surface area contributed by atoms with Crippen LogP contribution in [0.5, 0.6) is 0 Å². The van der Waals surface area contributed by atoms with Crippen molar-refractivity contribution in [3.8, 4) is 11.3 Å². The zero-order valence-electron chi connectivity index (χ0n) is 11.1. The second-order valence-electron chi connectivity index (χ2n) is 4.97. The van der Waals surface area contributed by atoms with Crippen molar-refractivity contribution in [3.05, 3.63) is 36.9 Å². The fraction of sp³-hybridized carbons (Fsp3) is 0.333. The average molecular weight is 271 g/mol. The van der Waals surface area contributed by atoms with Gasteiger partial charge < -0.3 is 15.1 Å². The molecule has 1 saturated carbocycles. The van der Waals surface area contributed by atoms with Crippen LogP contribution in [0.1, 0.15) is 19.3 Å². The lowest BCUT2D eigenvalue weighted by atomic mass is 10.1. The number of nitrogens with zero attached hydrogens (tertiary/aromatic N) is 1. The van der Waals surface area contributed by atoms with Crippen LogP contribution < -0.4 is 10.6 Å². The number of carbonyl (C=O) groups excluding carboxylic acids is 1. The maximum atomic E-state index is 11.8. The summed E-state index contributed by atoms with van der Waals surface area (Å²) in [5.41, 5.74) is 1.67. The lowest BCUT2D eigenvalue weighted by Crippen LogP contribution is -2.23. The molecule has 0 bridgehead atoms. The first-order valence-corrected chi connectivity index (χ1v) is 6.83. The number of hydrogen-bond donors (Lipinski definition) is 2. The second-order valence-corrected chi connectivity index (χ2v) is 4.97. The van der Waals surface area contributed by atoms with Crippen LogP contribution in [0.4, 0.5) is 5.69 Å². The van der Waals surface area contributed by atoms with E-state index in [1.165, 1.54) is 19.2 Å². The highest BCUT2D eigenvalue weighted by atomic mass is 16.3. The Balaban J connectivity index is 1.56. The Morgan fingerprint density at radius 1 is 1.40 bits per heavy atom. The summed E-state index contributed by atoms with van der Waals surface area (Å²) >= 11 is 0. The third kappa shape index (κ3) is 3.45. The van der Waals surface area contributed by atoms with E-state index in [2.05, 4.69) is 15.6 Å². The molecule has 1 fully saturated rings. The van der Waals surface area contributed by atoms with Gasteiger partial charge in [-0.05, 0) is 25.0 Å². The van der Waals surface area contributed by atoms with Gasteiger partial charge in [0.2, 0.25) is 5.91 Å². The van der Waals surface area contributed by atoms with E-state index in [-0.39, 0.29) is 5.91 Å². The Morgan fingerprint density at radius 2 is 2.30 bits per heavy atom. The lowest BCUT2D eigenvalue weighted by molar-refractivity contribution is -0.116. The molecule has 1 aromatic heterocycles. The maximum Gasteiger partial charge on any atom is 0.225 e. The first-order valence-electron chi connectivity index (χ1n) is 6.83. The third-order valence-electron chi connectivity index (χ3n) is 3.23. The van der Waals surface area contributed by atoms with Gasteiger partial charge in [-0.15, -0.1) is 0 Å². The van der Waals surface area contributed by atoms with E-state index in [9.17, 15) is 4.79 Å². The van der Waals surface area contributed by atoms with Gasteiger partial charge >= 0.3 is 0 Å². The van der Waals surface area contributed by atoms with Crippen LogP contribution >= 0.6 is 0 Å². The van der Waals surface area contributed by atoms with Gasteiger partial charge in [0.15, 0.2) is 12.2 Å². The summed E-state index contributed by atoms with van der Waals surface area (Å²) in [5, 5.41) is 6.22. The lowest BCUT2D eigenvalue weighted by Gasteiger charge is -2.07. The van der Waals surface area contributed by atoms with Gasteiger partial charge in [-0.3, -0.25) is 4.79 Å². The summed E-state index contributed by atoms with van der Waals surface area (Å²) in [7, 11) is 0. The molecule has 1 aliphatic carbocycles. The minimum atomic E-state index is 0.0212. The number of carbonyl (C=O) groups is 1. The number of anilines is 1. The molecule has 0 aliphatic heterocycles. The van der Waals surface area contributed by atoms with Crippen LogP contribution in [0.2, 0.25) is 0 Å². The molecule has 0 spiro atoms. The fourth-order valence-electron chi connectivity index (χ4n) is 2.01.